The summed E-state index contributed by atoms with van der Waals surface area (Å²) in [4.78, 5) is 12.5. The average Bonchev–Trinajstić information content (AvgIpc) is 3.15. The highest BCUT2D eigenvalue weighted by atomic mass is 32.2. The highest BCUT2D eigenvalue weighted by molar-refractivity contribution is 7.91. The minimum Gasteiger partial charge on any atom is -0.497 e. The Bertz CT molecular complexity index is 1710. The Morgan fingerprint density at radius 3 is 2.41 bits per heavy atom. The van der Waals surface area contributed by atoms with Crippen molar-refractivity contribution < 1.29 is 22.1 Å². The van der Waals surface area contributed by atoms with Crippen LogP contribution < -0.4 is 8.92 Å². The molecule has 3 aromatic carbocycles. The summed E-state index contributed by atoms with van der Waals surface area (Å²) in [7, 11) is -2.54. The van der Waals surface area contributed by atoms with E-state index in [0.717, 1.165) is 40.6 Å². The van der Waals surface area contributed by atoms with Gasteiger partial charge in [0.15, 0.2) is 5.78 Å². The number of fused-ring (bicyclic) bond motifs is 5. The second-order valence-electron chi connectivity index (χ2n) is 10.4. The zero-order valence-corrected chi connectivity index (χ0v) is 23.0. The van der Waals surface area contributed by atoms with Gasteiger partial charge in [-0.05, 0) is 79.3 Å². The molecule has 0 atom stereocenters. The van der Waals surface area contributed by atoms with Crippen LogP contribution in [-0.4, -0.2) is 25.9 Å². The van der Waals surface area contributed by atoms with Crippen molar-refractivity contribution in [1.29, 1.82) is 0 Å². The number of carbonyl (C=O) groups excluding carboxylic acids is 1. The summed E-state index contributed by atoms with van der Waals surface area (Å²) in [6.07, 6.45) is 7.44. The van der Waals surface area contributed by atoms with E-state index < -0.39 is 10.1 Å². The molecule has 0 spiro atoms. The lowest BCUT2D eigenvalue weighted by Crippen LogP contribution is -2.16. The third kappa shape index (κ3) is 4.65. The first kappa shape index (κ1) is 25.4. The third-order valence-corrected chi connectivity index (χ3v) is 9.24. The number of benzene rings is 3. The van der Waals surface area contributed by atoms with Crippen molar-refractivity contribution >= 4 is 32.9 Å². The van der Waals surface area contributed by atoms with E-state index in [1.54, 1.807) is 44.4 Å². The van der Waals surface area contributed by atoms with Crippen molar-refractivity contribution in [3.63, 3.8) is 0 Å². The number of aromatic nitrogens is 1. The summed E-state index contributed by atoms with van der Waals surface area (Å²) in [5.74, 6) is 1.23. The second kappa shape index (κ2) is 10.0. The number of Topliss-reactive ketones (excluding diaryl/α,β-unsaturated/α-hetero) is 1. The number of hydrogen-bond acceptors (Lipinski definition) is 5. The van der Waals surface area contributed by atoms with Crippen molar-refractivity contribution in [2.75, 3.05) is 7.11 Å². The molecule has 0 N–H and O–H groups in total. The van der Waals surface area contributed by atoms with Gasteiger partial charge < -0.3 is 13.5 Å². The fourth-order valence-corrected chi connectivity index (χ4v) is 7.07. The van der Waals surface area contributed by atoms with Gasteiger partial charge in [0.25, 0.3) is 0 Å². The van der Waals surface area contributed by atoms with Crippen LogP contribution in [0.4, 0.5) is 0 Å². The third-order valence-electron chi connectivity index (χ3n) is 7.94. The molecular formula is C32H31NO5S. The SMILES string of the molecule is COc1ccc2c(c1)C=C(S(=O)(=O)Oc1ccccc1)Cn1c-2c(C2CCCCC2)c2ccc(C(C)=O)cc21. The van der Waals surface area contributed by atoms with Crippen molar-refractivity contribution in [2.24, 2.45) is 0 Å². The predicted molar refractivity (Wildman–Crippen MR) is 154 cm³/mol. The molecule has 200 valence electrons. The number of nitrogens with zero attached hydrogens (tertiary/aromatic N) is 1. The average molecular weight is 542 g/mol. The number of methoxy groups -OCH3 is 1. The number of rotatable bonds is 6. The molecule has 0 saturated heterocycles. The molecule has 2 aliphatic rings. The number of allylic oxidation sites excluding steroid dienone is 1. The minimum atomic E-state index is -4.14. The van der Waals surface area contributed by atoms with Gasteiger partial charge in [0, 0.05) is 22.0 Å². The zero-order chi connectivity index (χ0) is 27.1. The van der Waals surface area contributed by atoms with Crippen LogP contribution in [0.2, 0.25) is 0 Å². The summed E-state index contributed by atoms with van der Waals surface area (Å²) in [6, 6.07) is 20.2. The molecule has 6 rings (SSSR count). The lowest BCUT2D eigenvalue weighted by molar-refractivity contribution is 0.101. The molecule has 39 heavy (non-hydrogen) atoms. The Morgan fingerprint density at radius 2 is 1.69 bits per heavy atom. The molecule has 6 nitrogen and oxygen atoms in total. The Labute approximate surface area is 229 Å². The number of para-hydroxylation sites is 1. The van der Waals surface area contributed by atoms with Crippen LogP contribution in [0.3, 0.4) is 0 Å². The Hall–Kier alpha value is -3.84. The van der Waals surface area contributed by atoms with Crippen LogP contribution >= 0.6 is 0 Å². The topological polar surface area (TPSA) is 74.6 Å². The minimum absolute atomic E-state index is 0.0266. The van der Waals surface area contributed by atoms with Crippen molar-refractivity contribution in [2.45, 2.75) is 51.5 Å². The highest BCUT2D eigenvalue weighted by Gasteiger charge is 2.32. The molecule has 1 aliphatic heterocycles. The van der Waals surface area contributed by atoms with Gasteiger partial charge in [0.2, 0.25) is 0 Å². The first-order chi connectivity index (χ1) is 18.9. The highest BCUT2D eigenvalue weighted by Crippen LogP contribution is 2.47. The van der Waals surface area contributed by atoms with Crippen molar-refractivity contribution in [1.82, 2.24) is 4.57 Å². The molecule has 0 bridgehead atoms. The van der Waals surface area contributed by atoms with Crippen LogP contribution in [0, 0.1) is 0 Å². The van der Waals surface area contributed by atoms with Crippen molar-refractivity contribution in [3.8, 4) is 22.8 Å². The van der Waals surface area contributed by atoms with E-state index in [1.165, 1.54) is 24.8 Å². The number of carbonyl (C=O) groups is 1. The summed E-state index contributed by atoms with van der Waals surface area (Å²) >= 11 is 0. The molecule has 0 amide bonds. The van der Waals surface area contributed by atoms with Crippen molar-refractivity contribution in [3.05, 3.63) is 88.3 Å². The number of ether oxygens (including phenoxy) is 1. The molecule has 4 aromatic rings. The van der Waals surface area contributed by atoms with Gasteiger partial charge in [-0.15, -0.1) is 0 Å². The first-order valence-electron chi connectivity index (χ1n) is 13.4. The lowest BCUT2D eigenvalue weighted by Gasteiger charge is -2.24. The predicted octanol–water partition coefficient (Wildman–Crippen LogP) is 7.33. The molecule has 0 unspecified atom stereocenters. The molecule has 1 aromatic heterocycles. The summed E-state index contributed by atoms with van der Waals surface area (Å²) in [6.45, 7) is 1.65. The van der Waals surface area contributed by atoms with Crippen LogP contribution in [-0.2, 0) is 16.7 Å². The maximum atomic E-state index is 13.7. The van der Waals surface area contributed by atoms with E-state index in [4.69, 9.17) is 8.92 Å². The number of ketones is 1. The molecule has 7 heteroatoms. The van der Waals surface area contributed by atoms with E-state index in [2.05, 4.69) is 4.57 Å². The van der Waals surface area contributed by atoms with Crippen LogP contribution in [0.15, 0.2) is 71.6 Å². The van der Waals surface area contributed by atoms with E-state index in [0.29, 0.717) is 17.2 Å². The standard InChI is InChI=1S/C32H31NO5S/c1-21(34)23-13-15-29-30(19-23)33-20-27(39(35,36)38-25-11-7-4-8-12-25)18-24-17-26(37-2)14-16-28(24)32(33)31(29)22-9-5-3-6-10-22/h4,7-8,11-19,22H,3,5-6,9-10,20H2,1-2H3. The summed E-state index contributed by atoms with van der Waals surface area (Å²) in [5.41, 5.74) is 5.42. The monoisotopic (exact) mass is 541 g/mol. The lowest BCUT2D eigenvalue weighted by atomic mass is 9.81. The largest absolute Gasteiger partial charge is 0.497 e. The van der Waals surface area contributed by atoms with E-state index >= 15 is 0 Å². The van der Waals surface area contributed by atoms with Crippen LogP contribution in [0.5, 0.6) is 11.5 Å². The van der Waals surface area contributed by atoms with E-state index in [-0.39, 0.29) is 23.0 Å². The fourth-order valence-electron chi connectivity index (χ4n) is 6.04. The normalized spacial score (nSPS) is 15.7. The van der Waals surface area contributed by atoms with Crippen LogP contribution in [0.1, 0.15) is 66.4 Å². The Balaban J connectivity index is 1.63. The molecule has 1 aliphatic carbocycles. The van der Waals surface area contributed by atoms with Gasteiger partial charge in [-0.25, -0.2) is 0 Å². The quantitative estimate of drug-likeness (QED) is 0.189. The Kier molecular flexibility index (Phi) is 6.55. The molecule has 1 saturated carbocycles. The number of hydrogen-bond donors (Lipinski definition) is 0. The van der Waals surface area contributed by atoms with Gasteiger partial charge >= 0.3 is 10.1 Å². The van der Waals surface area contributed by atoms with Gasteiger partial charge in [0.05, 0.1) is 19.3 Å². The van der Waals surface area contributed by atoms with Gasteiger partial charge in [0.1, 0.15) is 16.4 Å². The maximum Gasteiger partial charge on any atom is 0.337 e. The molecule has 0 radical (unpaired) electrons. The second-order valence-corrected chi connectivity index (χ2v) is 12.0. The van der Waals surface area contributed by atoms with Gasteiger partial charge in [-0.3, -0.25) is 4.79 Å². The van der Waals surface area contributed by atoms with Crippen LogP contribution in [0.25, 0.3) is 28.2 Å². The van der Waals surface area contributed by atoms with E-state index in [9.17, 15) is 13.2 Å². The summed E-state index contributed by atoms with van der Waals surface area (Å²) < 4.78 is 40.6. The maximum absolute atomic E-state index is 13.7. The first-order valence-corrected chi connectivity index (χ1v) is 14.8. The van der Waals surface area contributed by atoms with E-state index in [1.807, 2.05) is 42.5 Å². The van der Waals surface area contributed by atoms with Gasteiger partial charge in [-0.1, -0.05) is 49.6 Å². The molecule has 2 heterocycles. The smallest absolute Gasteiger partial charge is 0.337 e. The zero-order valence-electron chi connectivity index (χ0n) is 22.1. The van der Waals surface area contributed by atoms with Gasteiger partial charge in [-0.2, -0.15) is 8.42 Å². The fraction of sp³-hybridized carbons (Fsp3) is 0.281. The Morgan fingerprint density at radius 1 is 0.923 bits per heavy atom. The molecule has 1 fully saturated rings. The molecular weight excluding hydrogens is 510 g/mol. The summed E-state index contributed by atoms with van der Waals surface area (Å²) in [5, 5.41) is 1.08.